The molecule has 0 radical (unpaired) electrons. The van der Waals surface area contributed by atoms with Gasteiger partial charge in [-0.3, -0.25) is 5.10 Å². The average molecular weight is 344 g/mol. The number of rotatable bonds is 6. The van der Waals surface area contributed by atoms with E-state index in [9.17, 15) is 0 Å². The monoisotopic (exact) mass is 344 g/mol. The Morgan fingerprint density at radius 2 is 1.88 bits per heavy atom. The molecule has 6 heteroatoms. The van der Waals surface area contributed by atoms with E-state index in [1.165, 1.54) is 5.56 Å². The van der Waals surface area contributed by atoms with Crippen LogP contribution in [-0.4, -0.2) is 33.3 Å². The molecule has 0 spiro atoms. The standard InChI is InChI=1S/C20H20N6/c21-12-15(14-6-2-1-3-7-14)13-23-18-10-4-9-17(24-18)19-16-8-5-11-22-20(16)26-25-19/h1-11,15H,12-13,21H2,(H,23,24)(H,22,25,26). The number of hydrogen-bond acceptors (Lipinski definition) is 5. The van der Waals surface area contributed by atoms with E-state index in [1.54, 1.807) is 6.20 Å². The molecule has 4 rings (SSSR count). The molecule has 1 atom stereocenters. The predicted octanol–water partition coefficient (Wildman–Crippen LogP) is 3.17. The summed E-state index contributed by atoms with van der Waals surface area (Å²) in [5.74, 6) is 1.04. The van der Waals surface area contributed by atoms with Crippen LogP contribution in [0.5, 0.6) is 0 Å². The quantitative estimate of drug-likeness (QED) is 0.499. The highest BCUT2D eigenvalue weighted by Gasteiger charge is 2.12. The Morgan fingerprint density at radius 3 is 2.73 bits per heavy atom. The highest BCUT2D eigenvalue weighted by atomic mass is 15.2. The zero-order chi connectivity index (χ0) is 17.8. The first kappa shape index (κ1) is 16.2. The Bertz CT molecular complexity index is 995. The normalized spacial score (nSPS) is 12.2. The Balaban J connectivity index is 1.54. The van der Waals surface area contributed by atoms with Crippen molar-refractivity contribution in [3.8, 4) is 11.4 Å². The number of nitrogens with two attached hydrogens (primary N) is 1. The maximum atomic E-state index is 5.96. The highest BCUT2D eigenvalue weighted by Crippen LogP contribution is 2.24. The van der Waals surface area contributed by atoms with Gasteiger partial charge >= 0.3 is 0 Å². The summed E-state index contributed by atoms with van der Waals surface area (Å²) in [7, 11) is 0. The first-order valence-electron chi connectivity index (χ1n) is 8.60. The third-order valence-corrected chi connectivity index (χ3v) is 4.42. The summed E-state index contributed by atoms with van der Waals surface area (Å²) in [5.41, 5.74) is 9.57. The van der Waals surface area contributed by atoms with Crippen LogP contribution in [0, 0.1) is 0 Å². The molecule has 0 saturated heterocycles. The number of nitrogens with zero attached hydrogens (tertiary/aromatic N) is 3. The maximum absolute atomic E-state index is 5.96. The molecule has 0 saturated carbocycles. The third-order valence-electron chi connectivity index (χ3n) is 4.42. The second kappa shape index (κ2) is 7.33. The fourth-order valence-electron chi connectivity index (χ4n) is 3.01. The molecule has 3 aromatic heterocycles. The van der Waals surface area contributed by atoms with Gasteiger partial charge in [-0.25, -0.2) is 9.97 Å². The molecule has 1 unspecified atom stereocenters. The molecule has 0 fully saturated rings. The van der Waals surface area contributed by atoms with E-state index in [1.807, 2.05) is 48.5 Å². The van der Waals surface area contributed by atoms with Crippen LogP contribution in [0.1, 0.15) is 11.5 Å². The zero-order valence-electron chi connectivity index (χ0n) is 14.3. The van der Waals surface area contributed by atoms with Gasteiger partial charge in [0, 0.05) is 30.6 Å². The summed E-state index contributed by atoms with van der Waals surface area (Å²) >= 11 is 0. The van der Waals surface area contributed by atoms with Crippen molar-refractivity contribution in [1.29, 1.82) is 0 Å². The lowest BCUT2D eigenvalue weighted by Crippen LogP contribution is -2.21. The topological polar surface area (TPSA) is 92.5 Å². The summed E-state index contributed by atoms with van der Waals surface area (Å²) in [6.45, 7) is 1.30. The first-order chi connectivity index (χ1) is 12.8. The minimum absolute atomic E-state index is 0.235. The molecule has 0 aliphatic rings. The number of nitrogens with one attached hydrogen (secondary N) is 2. The molecule has 130 valence electrons. The Morgan fingerprint density at radius 1 is 1.00 bits per heavy atom. The summed E-state index contributed by atoms with van der Waals surface area (Å²) in [6.07, 6.45) is 1.73. The van der Waals surface area contributed by atoms with Crippen molar-refractivity contribution in [1.82, 2.24) is 20.2 Å². The van der Waals surface area contributed by atoms with Crippen molar-refractivity contribution in [2.24, 2.45) is 5.73 Å². The summed E-state index contributed by atoms with van der Waals surface area (Å²) in [4.78, 5) is 8.97. The van der Waals surface area contributed by atoms with Gasteiger partial charge in [-0.2, -0.15) is 5.10 Å². The van der Waals surface area contributed by atoms with Crippen molar-refractivity contribution in [2.45, 2.75) is 5.92 Å². The van der Waals surface area contributed by atoms with Crippen LogP contribution in [0.2, 0.25) is 0 Å². The fourth-order valence-corrected chi connectivity index (χ4v) is 3.01. The molecule has 3 heterocycles. The van der Waals surface area contributed by atoms with E-state index in [0.29, 0.717) is 12.2 Å². The van der Waals surface area contributed by atoms with Crippen LogP contribution in [-0.2, 0) is 0 Å². The zero-order valence-corrected chi connectivity index (χ0v) is 14.3. The number of anilines is 1. The van der Waals surface area contributed by atoms with E-state index >= 15 is 0 Å². The van der Waals surface area contributed by atoms with Gasteiger partial charge in [0.2, 0.25) is 0 Å². The molecule has 4 N–H and O–H groups in total. The molecule has 6 nitrogen and oxygen atoms in total. The van der Waals surface area contributed by atoms with E-state index in [2.05, 4.69) is 32.6 Å². The van der Waals surface area contributed by atoms with E-state index in [4.69, 9.17) is 10.7 Å². The van der Waals surface area contributed by atoms with E-state index in [0.717, 1.165) is 29.1 Å². The molecule has 0 amide bonds. The van der Waals surface area contributed by atoms with Crippen molar-refractivity contribution < 1.29 is 0 Å². The molecular formula is C20H20N6. The molecule has 0 bridgehead atoms. The Kier molecular flexibility index (Phi) is 4.57. The smallest absolute Gasteiger partial charge is 0.181 e. The number of aromatic amines is 1. The number of aromatic nitrogens is 4. The Hall–Kier alpha value is -3.25. The first-order valence-corrected chi connectivity index (χ1v) is 8.60. The number of H-pyrrole nitrogens is 1. The molecule has 0 aliphatic heterocycles. The van der Waals surface area contributed by atoms with E-state index < -0.39 is 0 Å². The number of fused-ring (bicyclic) bond motifs is 1. The molecule has 0 aliphatic carbocycles. The summed E-state index contributed by atoms with van der Waals surface area (Å²) in [6, 6.07) is 20.1. The van der Waals surface area contributed by atoms with Gasteiger partial charge in [0.1, 0.15) is 5.82 Å². The van der Waals surface area contributed by atoms with Gasteiger partial charge in [-0.1, -0.05) is 36.4 Å². The van der Waals surface area contributed by atoms with Gasteiger partial charge in [-0.15, -0.1) is 0 Å². The number of hydrogen-bond donors (Lipinski definition) is 3. The van der Waals surface area contributed by atoms with E-state index in [-0.39, 0.29) is 5.92 Å². The minimum Gasteiger partial charge on any atom is -0.369 e. The molecular weight excluding hydrogens is 324 g/mol. The highest BCUT2D eigenvalue weighted by molar-refractivity contribution is 5.89. The summed E-state index contributed by atoms with van der Waals surface area (Å²) in [5, 5.41) is 11.6. The SMILES string of the molecule is NCC(CNc1cccc(-c2[nH]nc3ncccc23)n1)c1ccccc1. The lowest BCUT2D eigenvalue weighted by Gasteiger charge is -2.16. The average Bonchev–Trinajstić information content (AvgIpc) is 3.14. The van der Waals surface area contributed by atoms with Crippen molar-refractivity contribution in [3.63, 3.8) is 0 Å². The van der Waals surface area contributed by atoms with Gasteiger partial charge in [0.15, 0.2) is 5.65 Å². The van der Waals surface area contributed by atoms with Crippen LogP contribution in [0.4, 0.5) is 5.82 Å². The summed E-state index contributed by atoms with van der Waals surface area (Å²) < 4.78 is 0. The Labute approximate surface area is 151 Å². The van der Waals surface area contributed by atoms with Gasteiger partial charge in [0.05, 0.1) is 11.4 Å². The number of pyridine rings is 2. The number of benzene rings is 1. The third kappa shape index (κ3) is 3.27. The molecule has 4 aromatic rings. The van der Waals surface area contributed by atoms with Crippen LogP contribution >= 0.6 is 0 Å². The predicted molar refractivity (Wildman–Crippen MR) is 104 cm³/mol. The second-order valence-electron chi connectivity index (χ2n) is 6.11. The minimum atomic E-state index is 0.235. The van der Waals surface area contributed by atoms with Crippen molar-refractivity contribution in [2.75, 3.05) is 18.4 Å². The van der Waals surface area contributed by atoms with Crippen LogP contribution in [0.3, 0.4) is 0 Å². The molecule has 1 aromatic carbocycles. The largest absolute Gasteiger partial charge is 0.369 e. The van der Waals surface area contributed by atoms with Crippen molar-refractivity contribution >= 4 is 16.9 Å². The lowest BCUT2D eigenvalue weighted by atomic mass is 9.99. The van der Waals surface area contributed by atoms with Crippen LogP contribution < -0.4 is 11.1 Å². The van der Waals surface area contributed by atoms with Gasteiger partial charge in [0.25, 0.3) is 0 Å². The lowest BCUT2D eigenvalue weighted by molar-refractivity contribution is 0.729. The van der Waals surface area contributed by atoms with Crippen LogP contribution in [0.25, 0.3) is 22.4 Å². The maximum Gasteiger partial charge on any atom is 0.181 e. The van der Waals surface area contributed by atoms with Crippen LogP contribution in [0.15, 0.2) is 66.9 Å². The van der Waals surface area contributed by atoms with Crippen molar-refractivity contribution in [3.05, 3.63) is 72.4 Å². The van der Waals surface area contributed by atoms with Gasteiger partial charge in [-0.05, 0) is 29.8 Å². The van der Waals surface area contributed by atoms with Gasteiger partial charge < -0.3 is 11.1 Å². The second-order valence-corrected chi connectivity index (χ2v) is 6.11. The molecule has 26 heavy (non-hydrogen) atoms. The fraction of sp³-hybridized carbons (Fsp3) is 0.150.